The van der Waals surface area contributed by atoms with Gasteiger partial charge in [0.05, 0.1) is 25.0 Å². The highest BCUT2D eigenvalue weighted by atomic mass is 79.9. The molecule has 0 aliphatic carbocycles. The molecule has 0 spiro atoms. The number of benzene rings is 2. The number of hydrogen-bond donors (Lipinski definition) is 1. The van der Waals surface area contributed by atoms with Crippen LogP contribution in [0.4, 0.5) is 0 Å². The van der Waals surface area contributed by atoms with Gasteiger partial charge in [0.2, 0.25) is 0 Å². The van der Waals surface area contributed by atoms with Gasteiger partial charge in [-0.3, -0.25) is 5.43 Å². The van der Waals surface area contributed by atoms with Crippen LogP contribution < -0.4 is 5.43 Å². The van der Waals surface area contributed by atoms with Crippen molar-refractivity contribution < 1.29 is 19.1 Å². The van der Waals surface area contributed by atoms with Crippen molar-refractivity contribution in [3.8, 4) is 0 Å². The van der Waals surface area contributed by atoms with Gasteiger partial charge in [-0.25, -0.2) is 9.59 Å². The first kappa shape index (κ1) is 23.2. The number of hydrazone groups is 1. The molecule has 0 radical (unpaired) electrons. The van der Waals surface area contributed by atoms with E-state index in [9.17, 15) is 9.59 Å². The lowest BCUT2D eigenvalue weighted by atomic mass is 9.92. The van der Waals surface area contributed by atoms with Crippen molar-refractivity contribution in [3.63, 3.8) is 0 Å². The van der Waals surface area contributed by atoms with E-state index in [2.05, 4.69) is 46.1 Å². The van der Waals surface area contributed by atoms with E-state index in [0.717, 1.165) is 28.4 Å². The molecule has 2 aromatic rings. The van der Waals surface area contributed by atoms with Gasteiger partial charge in [0.25, 0.3) is 0 Å². The van der Waals surface area contributed by atoms with Crippen LogP contribution >= 0.6 is 15.9 Å². The molecule has 1 aliphatic heterocycles. The van der Waals surface area contributed by atoms with Gasteiger partial charge >= 0.3 is 11.9 Å². The minimum atomic E-state index is -1.28. The summed E-state index contributed by atoms with van der Waals surface area (Å²) in [5.74, 6) is -0.718. The number of nitrogens with zero attached hydrogens (tertiary/aromatic N) is 1. The van der Waals surface area contributed by atoms with Crippen LogP contribution in [0.3, 0.4) is 0 Å². The molecular weight excluding hydrogens is 476 g/mol. The summed E-state index contributed by atoms with van der Waals surface area (Å²) in [5, 5.41) is 4.49. The number of nitrogens with one attached hydrogen (secondary N) is 1. The van der Waals surface area contributed by atoms with Gasteiger partial charge in [0.1, 0.15) is 0 Å². The van der Waals surface area contributed by atoms with Crippen molar-refractivity contribution in [2.45, 2.75) is 38.1 Å². The molecule has 0 amide bonds. The van der Waals surface area contributed by atoms with E-state index in [-0.39, 0.29) is 5.97 Å². The maximum Gasteiger partial charge on any atom is 0.339 e. The lowest BCUT2D eigenvalue weighted by Gasteiger charge is -2.25. The zero-order valence-corrected chi connectivity index (χ0v) is 20.8. The Hall–Kier alpha value is -2.45. The Morgan fingerprint density at radius 1 is 1.16 bits per heavy atom. The van der Waals surface area contributed by atoms with Gasteiger partial charge in [-0.15, -0.1) is 0 Å². The van der Waals surface area contributed by atoms with E-state index >= 15 is 0 Å². The fraction of sp³-hybridized carbons (Fsp3) is 0.348. The van der Waals surface area contributed by atoms with Gasteiger partial charge in [-0.2, -0.15) is 5.10 Å². The maximum absolute atomic E-state index is 12.7. The van der Waals surface area contributed by atoms with Crippen LogP contribution in [0.2, 0.25) is 25.7 Å². The largest absolute Gasteiger partial charge is 0.465 e. The topological polar surface area (TPSA) is 77.0 Å². The number of carbonyl (C=O) groups excluding carboxylic acids is 2. The number of rotatable bonds is 7. The first-order valence-electron chi connectivity index (χ1n) is 10.1. The average Bonchev–Trinajstić information content (AvgIpc) is 2.73. The predicted molar refractivity (Wildman–Crippen MR) is 127 cm³/mol. The number of halogens is 1. The summed E-state index contributed by atoms with van der Waals surface area (Å²) in [4.78, 5) is 24.7. The minimum absolute atomic E-state index is 0.315. The van der Waals surface area contributed by atoms with Crippen molar-refractivity contribution in [2.75, 3.05) is 13.7 Å². The maximum atomic E-state index is 12.7. The molecule has 3 rings (SSSR count). The Bertz CT molecular complexity index is 1020. The molecule has 1 atom stereocenters. The van der Waals surface area contributed by atoms with Crippen LogP contribution in [0.5, 0.6) is 0 Å². The molecule has 1 heterocycles. The van der Waals surface area contributed by atoms with Gasteiger partial charge in [-0.05, 0) is 45.2 Å². The monoisotopic (exact) mass is 502 g/mol. The Balaban J connectivity index is 1.79. The number of carbonyl (C=O) groups is 2. The summed E-state index contributed by atoms with van der Waals surface area (Å²) < 4.78 is 11.1. The minimum Gasteiger partial charge on any atom is -0.465 e. The lowest BCUT2D eigenvalue weighted by Crippen LogP contribution is -2.34. The Kier molecular flexibility index (Phi) is 7.33. The molecule has 0 bridgehead atoms. The second-order valence-corrected chi connectivity index (χ2v) is 15.1. The number of fused-ring (bicyclic) bond motifs is 1. The molecule has 0 aromatic heterocycles. The first-order chi connectivity index (χ1) is 14.7. The van der Waals surface area contributed by atoms with E-state index in [1.54, 1.807) is 6.07 Å². The zero-order chi connectivity index (χ0) is 22.6. The molecule has 2 aromatic carbocycles. The van der Waals surface area contributed by atoms with E-state index in [1.807, 2.05) is 36.4 Å². The molecule has 0 fully saturated rings. The van der Waals surface area contributed by atoms with Crippen molar-refractivity contribution in [1.29, 1.82) is 0 Å². The van der Waals surface area contributed by atoms with Gasteiger partial charge in [0, 0.05) is 24.5 Å². The van der Waals surface area contributed by atoms with Crippen LogP contribution in [-0.4, -0.2) is 39.4 Å². The molecule has 1 aliphatic rings. The predicted octanol–water partition coefficient (Wildman–Crippen LogP) is 4.71. The number of esters is 2. The molecular formula is C23H27BrN2O4Si. The lowest BCUT2D eigenvalue weighted by molar-refractivity contribution is -0.145. The molecule has 6 nitrogen and oxygen atoms in total. The van der Waals surface area contributed by atoms with E-state index in [1.165, 1.54) is 7.11 Å². The highest BCUT2D eigenvalue weighted by Gasteiger charge is 2.29. The third kappa shape index (κ3) is 5.83. The summed E-state index contributed by atoms with van der Waals surface area (Å²) in [5.41, 5.74) is 6.88. The molecule has 1 unspecified atom stereocenters. The summed E-state index contributed by atoms with van der Waals surface area (Å²) in [6.45, 7) is 7.18. The molecule has 0 saturated heterocycles. The van der Waals surface area contributed by atoms with E-state index in [4.69, 9.17) is 9.47 Å². The van der Waals surface area contributed by atoms with Gasteiger partial charge in [0.15, 0.2) is 6.04 Å². The van der Waals surface area contributed by atoms with Gasteiger partial charge in [-0.1, -0.05) is 50.0 Å². The molecule has 0 saturated carbocycles. The molecule has 8 heteroatoms. The Morgan fingerprint density at radius 2 is 1.90 bits per heavy atom. The van der Waals surface area contributed by atoms with Crippen molar-refractivity contribution in [2.24, 2.45) is 5.10 Å². The van der Waals surface area contributed by atoms with Crippen molar-refractivity contribution in [1.82, 2.24) is 5.43 Å². The highest BCUT2D eigenvalue weighted by molar-refractivity contribution is 9.10. The quantitative estimate of drug-likeness (QED) is 0.438. The van der Waals surface area contributed by atoms with Crippen LogP contribution in [0.1, 0.15) is 33.1 Å². The summed E-state index contributed by atoms with van der Waals surface area (Å²) in [6.07, 6.45) is 0.499. The van der Waals surface area contributed by atoms with Crippen molar-refractivity contribution in [3.05, 3.63) is 69.2 Å². The van der Waals surface area contributed by atoms with Crippen molar-refractivity contribution >= 4 is 41.7 Å². The standard InChI is InChI=1S/C23H27BrN2O4Si/c1-29-22(27)18-13-15(9-10-19(18)24)14-20-16-7-5-6-8-17(16)21(26-25-20)23(28)30-11-12-31(2,3)4/h5-10,13,21,26H,11-12,14H2,1-4H3. The SMILES string of the molecule is COC(=O)c1cc(CC2=NNC(C(=O)OCC[Si](C)(C)C)c3ccccc32)ccc1Br. The highest BCUT2D eigenvalue weighted by Crippen LogP contribution is 2.27. The summed E-state index contributed by atoms with van der Waals surface area (Å²) in [6, 6.07) is 13.5. The second kappa shape index (κ2) is 9.78. The third-order valence-electron chi connectivity index (χ3n) is 5.05. The number of methoxy groups -OCH3 is 1. The average molecular weight is 503 g/mol. The Labute approximate surface area is 192 Å². The fourth-order valence-corrected chi connectivity index (χ4v) is 4.40. The van der Waals surface area contributed by atoms with E-state index < -0.39 is 20.1 Å². The second-order valence-electron chi connectivity index (χ2n) is 8.67. The smallest absolute Gasteiger partial charge is 0.339 e. The third-order valence-corrected chi connectivity index (χ3v) is 7.45. The number of hydrogen-bond acceptors (Lipinski definition) is 6. The van der Waals surface area contributed by atoms with Gasteiger partial charge < -0.3 is 9.47 Å². The van der Waals surface area contributed by atoms with Crippen LogP contribution in [0, 0.1) is 0 Å². The Morgan fingerprint density at radius 3 is 2.61 bits per heavy atom. The molecule has 1 N–H and O–H groups in total. The van der Waals surface area contributed by atoms with E-state index in [0.29, 0.717) is 23.1 Å². The molecule has 164 valence electrons. The first-order valence-corrected chi connectivity index (χ1v) is 14.6. The summed E-state index contributed by atoms with van der Waals surface area (Å²) >= 11 is 3.39. The van der Waals surface area contributed by atoms with Crippen LogP contribution in [0.15, 0.2) is 52.0 Å². The normalized spacial score (nSPS) is 15.4. The fourth-order valence-electron chi connectivity index (χ4n) is 3.28. The number of ether oxygens (including phenoxy) is 2. The molecule has 31 heavy (non-hydrogen) atoms. The van der Waals surface area contributed by atoms with Crippen LogP contribution in [-0.2, 0) is 20.7 Å². The zero-order valence-electron chi connectivity index (χ0n) is 18.2. The van der Waals surface area contributed by atoms with Crippen LogP contribution in [0.25, 0.3) is 0 Å². The summed E-state index contributed by atoms with van der Waals surface area (Å²) in [7, 11) is 0.0762.